The molecule has 0 saturated carbocycles. The van der Waals surface area contributed by atoms with E-state index in [0.717, 1.165) is 0 Å². The fourth-order valence-corrected chi connectivity index (χ4v) is 2.69. The van der Waals surface area contributed by atoms with Gasteiger partial charge in [-0.05, 0) is 38.5 Å². The number of piperidine rings is 1. The third-order valence-corrected chi connectivity index (χ3v) is 3.68. The summed E-state index contributed by atoms with van der Waals surface area (Å²) < 4.78 is 5.35. The second-order valence-electron chi connectivity index (χ2n) is 7.15. The lowest BCUT2D eigenvalue weighted by Crippen LogP contribution is -2.55. The number of aliphatic carboxylic acids is 1. The van der Waals surface area contributed by atoms with Gasteiger partial charge in [0.15, 0.2) is 0 Å². The molecule has 0 aromatic rings. The zero-order valence-corrected chi connectivity index (χ0v) is 13.0. The SMILES string of the molecule is CC(C)(C)OC(=O)N1CCC(C(N)C(=O)O)C(C)(C)C1. The van der Waals surface area contributed by atoms with Crippen LogP contribution in [0, 0.1) is 11.3 Å². The van der Waals surface area contributed by atoms with E-state index >= 15 is 0 Å². The lowest BCUT2D eigenvalue weighted by atomic mass is 9.70. The molecular formula is C14H26N2O4. The van der Waals surface area contributed by atoms with Crippen LogP contribution in [0.25, 0.3) is 0 Å². The van der Waals surface area contributed by atoms with E-state index in [2.05, 4.69) is 0 Å². The van der Waals surface area contributed by atoms with Gasteiger partial charge < -0.3 is 20.5 Å². The van der Waals surface area contributed by atoms with Crippen molar-refractivity contribution >= 4 is 12.1 Å². The van der Waals surface area contributed by atoms with Crippen LogP contribution in [0.3, 0.4) is 0 Å². The number of carbonyl (C=O) groups is 2. The molecule has 0 radical (unpaired) electrons. The van der Waals surface area contributed by atoms with Crippen LogP contribution in [-0.2, 0) is 9.53 Å². The molecule has 20 heavy (non-hydrogen) atoms. The molecule has 3 N–H and O–H groups in total. The average Bonchev–Trinajstić information content (AvgIpc) is 2.24. The predicted molar refractivity (Wildman–Crippen MR) is 75.3 cm³/mol. The number of hydrogen-bond acceptors (Lipinski definition) is 4. The molecule has 116 valence electrons. The highest BCUT2D eigenvalue weighted by atomic mass is 16.6. The number of likely N-dealkylation sites (tertiary alicyclic amines) is 1. The van der Waals surface area contributed by atoms with Gasteiger partial charge in [-0.25, -0.2) is 4.79 Å². The van der Waals surface area contributed by atoms with Crippen molar-refractivity contribution in [2.75, 3.05) is 13.1 Å². The van der Waals surface area contributed by atoms with Crippen LogP contribution in [0.2, 0.25) is 0 Å². The van der Waals surface area contributed by atoms with Gasteiger partial charge in [0, 0.05) is 13.1 Å². The Morgan fingerprint density at radius 1 is 1.40 bits per heavy atom. The van der Waals surface area contributed by atoms with E-state index in [1.807, 2.05) is 34.6 Å². The number of nitrogens with zero attached hydrogens (tertiary/aromatic N) is 1. The summed E-state index contributed by atoms with van der Waals surface area (Å²) in [6.07, 6.45) is 0.215. The molecule has 1 amide bonds. The van der Waals surface area contributed by atoms with Crippen LogP contribution in [0.15, 0.2) is 0 Å². The largest absolute Gasteiger partial charge is 0.480 e. The van der Waals surface area contributed by atoms with Gasteiger partial charge in [0.05, 0.1) is 0 Å². The van der Waals surface area contributed by atoms with Crippen LogP contribution in [0.4, 0.5) is 4.79 Å². The van der Waals surface area contributed by atoms with Crippen molar-refractivity contribution < 1.29 is 19.4 Å². The number of ether oxygens (including phenoxy) is 1. The molecule has 6 nitrogen and oxygen atoms in total. The average molecular weight is 286 g/mol. The van der Waals surface area contributed by atoms with E-state index in [1.54, 1.807) is 4.90 Å². The summed E-state index contributed by atoms with van der Waals surface area (Å²) >= 11 is 0. The van der Waals surface area contributed by atoms with Crippen LogP contribution in [0.5, 0.6) is 0 Å². The smallest absolute Gasteiger partial charge is 0.410 e. The fraction of sp³-hybridized carbons (Fsp3) is 0.857. The molecular weight excluding hydrogens is 260 g/mol. The lowest BCUT2D eigenvalue weighted by molar-refractivity contribution is -0.142. The molecule has 6 heteroatoms. The standard InChI is InChI=1S/C14H26N2O4/c1-13(2,3)20-12(19)16-7-6-9(10(15)11(17)18)14(4,5)8-16/h9-10H,6-8,15H2,1-5H3,(H,17,18). The number of nitrogens with two attached hydrogens (primary N) is 1. The first kappa shape index (κ1) is 16.8. The normalized spacial score (nSPS) is 24.1. The second-order valence-corrected chi connectivity index (χ2v) is 7.15. The maximum Gasteiger partial charge on any atom is 0.410 e. The molecule has 1 heterocycles. The van der Waals surface area contributed by atoms with Gasteiger partial charge in [0.2, 0.25) is 0 Å². The summed E-state index contributed by atoms with van der Waals surface area (Å²) in [5, 5.41) is 9.06. The van der Waals surface area contributed by atoms with Gasteiger partial charge in [-0.2, -0.15) is 0 Å². The van der Waals surface area contributed by atoms with Crippen LogP contribution >= 0.6 is 0 Å². The first-order valence-corrected chi connectivity index (χ1v) is 6.90. The Balaban J connectivity index is 2.74. The van der Waals surface area contributed by atoms with Gasteiger partial charge in [-0.15, -0.1) is 0 Å². The molecule has 1 fully saturated rings. The molecule has 0 spiro atoms. The molecule has 0 aliphatic carbocycles. The van der Waals surface area contributed by atoms with Crippen molar-refractivity contribution in [3.8, 4) is 0 Å². The van der Waals surface area contributed by atoms with Crippen LogP contribution < -0.4 is 5.73 Å². The summed E-state index contributed by atoms with van der Waals surface area (Å²) in [5.74, 6) is -1.15. The Bertz CT molecular complexity index is 387. The minimum atomic E-state index is -0.992. The molecule has 2 unspecified atom stereocenters. The van der Waals surface area contributed by atoms with Crippen molar-refractivity contribution in [2.45, 2.75) is 52.7 Å². The quantitative estimate of drug-likeness (QED) is 0.805. The van der Waals surface area contributed by atoms with Gasteiger partial charge in [0.1, 0.15) is 11.6 Å². The lowest BCUT2D eigenvalue weighted by Gasteiger charge is -2.45. The van der Waals surface area contributed by atoms with E-state index < -0.39 is 17.6 Å². The molecule has 1 aliphatic heterocycles. The summed E-state index contributed by atoms with van der Waals surface area (Å²) in [6, 6.07) is -0.897. The van der Waals surface area contributed by atoms with Crippen molar-refractivity contribution in [2.24, 2.45) is 17.1 Å². The summed E-state index contributed by atoms with van der Waals surface area (Å²) in [7, 11) is 0. The van der Waals surface area contributed by atoms with Gasteiger partial charge in [0.25, 0.3) is 0 Å². The highest BCUT2D eigenvalue weighted by molar-refractivity contribution is 5.74. The summed E-state index contributed by atoms with van der Waals surface area (Å²) in [4.78, 5) is 24.8. The minimum Gasteiger partial charge on any atom is -0.480 e. The second kappa shape index (κ2) is 5.60. The predicted octanol–water partition coefficient (Wildman–Crippen LogP) is 1.68. The molecule has 1 aliphatic rings. The van der Waals surface area contributed by atoms with Crippen molar-refractivity contribution in [1.29, 1.82) is 0 Å². The first-order chi connectivity index (χ1) is 8.94. The number of carboxylic acids is 1. The molecule has 0 aromatic heterocycles. The summed E-state index contributed by atoms with van der Waals surface area (Å²) in [6.45, 7) is 10.3. The van der Waals surface area contributed by atoms with Crippen molar-refractivity contribution in [1.82, 2.24) is 4.90 Å². The maximum atomic E-state index is 12.1. The third-order valence-electron chi connectivity index (χ3n) is 3.68. The molecule has 1 saturated heterocycles. The fourth-order valence-electron chi connectivity index (χ4n) is 2.69. The van der Waals surface area contributed by atoms with E-state index in [9.17, 15) is 9.59 Å². The highest BCUT2D eigenvalue weighted by Crippen LogP contribution is 2.37. The molecule has 0 bridgehead atoms. The van der Waals surface area contributed by atoms with E-state index in [4.69, 9.17) is 15.6 Å². The van der Waals surface area contributed by atoms with Gasteiger partial charge in [-0.3, -0.25) is 4.79 Å². The Labute approximate surface area is 120 Å². The van der Waals surface area contributed by atoms with Crippen LogP contribution in [0.1, 0.15) is 41.0 Å². The Morgan fingerprint density at radius 2 is 1.95 bits per heavy atom. The van der Waals surface area contributed by atoms with E-state index in [-0.39, 0.29) is 17.4 Å². The zero-order valence-electron chi connectivity index (χ0n) is 13.0. The Hall–Kier alpha value is -1.30. The number of carbonyl (C=O) groups excluding carboxylic acids is 1. The molecule has 0 aromatic carbocycles. The number of hydrogen-bond donors (Lipinski definition) is 2. The topological polar surface area (TPSA) is 92.9 Å². The van der Waals surface area contributed by atoms with Crippen molar-refractivity contribution in [3.05, 3.63) is 0 Å². The van der Waals surface area contributed by atoms with Crippen LogP contribution in [-0.4, -0.2) is 46.8 Å². The summed E-state index contributed by atoms with van der Waals surface area (Å²) in [5.41, 5.74) is 4.87. The third kappa shape index (κ3) is 4.10. The van der Waals surface area contributed by atoms with Gasteiger partial charge >= 0.3 is 12.1 Å². The highest BCUT2D eigenvalue weighted by Gasteiger charge is 2.43. The Morgan fingerprint density at radius 3 is 2.35 bits per heavy atom. The van der Waals surface area contributed by atoms with Crippen molar-refractivity contribution in [3.63, 3.8) is 0 Å². The minimum absolute atomic E-state index is 0.154. The number of carboxylic acid groups (broad SMARTS) is 1. The molecule has 2 atom stereocenters. The zero-order chi connectivity index (χ0) is 15.7. The van der Waals surface area contributed by atoms with E-state index in [1.165, 1.54) is 0 Å². The first-order valence-electron chi connectivity index (χ1n) is 6.90. The monoisotopic (exact) mass is 286 g/mol. The number of amides is 1. The van der Waals surface area contributed by atoms with E-state index in [0.29, 0.717) is 19.5 Å². The Kier molecular flexibility index (Phi) is 4.69. The maximum absolute atomic E-state index is 12.1. The molecule has 1 rings (SSSR count). The van der Waals surface area contributed by atoms with Gasteiger partial charge in [-0.1, -0.05) is 13.8 Å². The number of rotatable bonds is 2.